The molecule has 0 spiro atoms. The van der Waals surface area contributed by atoms with Crippen molar-refractivity contribution in [3.8, 4) is 0 Å². The second kappa shape index (κ2) is 7.19. The highest BCUT2D eigenvalue weighted by atomic mass is 16.2. The first kappa shape index (κ1) is 14.7. The van der Waals surface area contributed by atoms with Crippen molar-refractivity contribution in [1.82, 2.24) is 20.4 Å². The van der Waals surface area contributed by atoms with Gasteiger partial charge in [-0.25, -0.2) is 5.10 Å². The van der Waals surface area contributed by atoms with Crippen LogP contribution >= 0.6 is 0 Å². The van der Waals surface area contributed by atoms with Gasteiger partial charge in [0.25, 0.3) is 11.5 Å². The van der Waals surface area contributed by atoms with E-state index in [9.17, 15) is 9.59 Å². The molecule has 6 heteroatoms. The van der Waals surface area contributed by atoms with Crippen LogP contribution in [0.25, 0.3) is 0 Å². The molecular weight excluding hydrogens is 256 g/mol. The molecule has 6 nitrogen and oxygen atoms in total. The normalized spacial score (nSPS) is 19.8. The number of nitrogens with zero attached hydrogens (tertiary/aromatic N) is 2. The first-order valence-corrected chi connectivity index (χ1v) is 7.25. The summed E-state index contributed by atoms with van der Waals surface area (Å²) in [5.74, 6) is -0.243. The standard InChI is InChI=1S/C14H22N4O2/c1-11-5-2-3-9-18(11)10-4-8-15-14(20)12-6-7-13(19)17-16-12/h6-7,11H,2-5,8-10H2,1H3,(H,15,20)(H,17,19). The maximum atomic E-state index is 11.8. The number of piperidine rings is 1. The third-order valence-corrected chi connectivity index (χ3v) is 3.76. The number of carbonyl (C=O) groups excluding carboxylic acids is 1. The molecule has 0 saturated carbocycles. The number of aromatic nitrogens is 2. The molecule has 1 aliphatic heterocycles. The first-order valence-electron chi connectivity index (χ1n) is 7.25. The number of carbonyl (C=O) groups is 1. The highest BCUT2D eigenvalue weighted by molar-refractivity contribution is 5.91. The highest BCUT2D eigenvalue weighted by Crippen LogP contribution is 2.15. The van der Waals surface area contributed by atoms with Gasteiger partial charge in [0.15, 0.2) is 0 Å². The zero-order chi connectivity index (χ0) is 14.4. The largest absolute Gasteiger partial charge is 0.351 e. The number of likely N-dealkylation sites (tertiary alicyclic amines) is 1. The lowest BCUT2D eigenvalue weighted by atomic mass is 10.0. The van der Waals surface area contributed by atoms with Gasteiger partial charge in [-0.1, -0.05) is 6.42 Å². The molecule has 1 fully saturated rings. The van der Waals surface area contributed by atoms with Crippen molar-refractivity contribution < 1.29 is 4.79 Å². The molecule has 0 bridgehead atoms. The molecule has 2 heterocycles. The van der Waals surface area contributed by atoms with Crippen LogP contribution < -0.4 is 10.9 Å². The zero-order valence-corrected chi connectivity index (χ0v) is 11.9. The maximum Gasteiger partial charge on any atom is 0.271 e. The van der Waals surface area contributed by atoms with E-state index in [2.05, 4.69) is 27.3 Å². The average Bonchev–Trinajstić information content (AvgIpc) is 2.46. The molecule has 1 aromatic rings. The predicted molar refractivity (Wildman–Crippen MR) is 76.7 cm³/mol. The lowest BCUT2D eigenvalue weighted by molar-refractivity contribution is 0.0943. The molecule has 0 aliphatic carbocycles. The van der Waals surface area contributed by atoms with E-state index in [4.69, 9.17) is 0 Å². The Morgan fingerprint density at radius 3 is 3.05 bits per heavy atom. The summed E-state index contributed by atoms with van der Waals surface area (Å²) < 4.78 is 0. The predicted octanol–water partition coefficient (Wildman–Crippen LogP) is 0.764. The number of hydrogen-bond acceptors (Lipinski definition) is 4. The molecular formula is C14H22N4O2. The van der Waals surface area contributed by atoms with Gasteiger partial charge in [-0.15, -0.1) is 0 Å². The molecule has 1 aliphatic rings. The van der Waals surface area contributed by atoms with Gasteiger partial charge >= 0.3 is 0 Å². The summed E-state index contributed by atoms with van der Waals surface area (Å²) in [6, 6.07) is 3.39. The summed E-state index contributed by atoms with van der Waals surface area (Å²) in [6.45, 7) is 5.07. The van der Waals surface area contributed by atoms with Crippen LogP contribution in [0.4, 0.5) is 0 Å². The molecule has 1 saturated heterocycles. The van der Waals surface area contributed by atoms with Gasteiger partial charge in [-0.3, -0.25) is 9.59 Å². The van der Waals surface area contributed by atoms with Crippen molar-refractivity contribution >= 4 is 5.91 Å². The van der Waals surface area contributed by atoms with E-state index in [-0.39, 0.29) is 17.2 Å². The Labute approximate surface area is 118 Å². The summed E-state index contributed by atoms with van der Waals surface area (Å²) in [5.41, 5.74) is -0.0587. The smallest absolute Gasteiger partial charge is 0.271 e. The van der Waals surface area contributed by atoms with Crippen LogP contribution in [-0.4, -0.2) is 46.7 Å². The number of amides is 1. The van der Waals surface area contributed by atoms with Crippen molar-refractivity contribution in [2.45, 2.75) is 38.6 Å². The summed E-state index contributed by atoms with van der Waals surface area (Å²) >= 11 is 0. The Balaban J connectivity index is 1.69. The minimum Gasteiger partial charge on any atom is -0.351 e. The van der Waals surface area contributed by atoms with Crippen LogP contribution in [0.2, 0.25) is 0 Å². The molecule has 2 rings (SSSR count). The molecule has 1 amide bonds. The van der Waals surface area contributed by atoms with Crippen LogP contribution in [0.15, 0.2) is 16.9 Å². The van der Waals surface area contributed by atoms with Crippen molar-refractivity contribution in [2.75, 3.05) is 19.6 Å². The van der Waals surface area contributed by atoms with Crippen molar-refractivity contribution in [1.29, 1.82) is 0 Å². The highest BCUT2D eigenvalue weighted by Gasteiger charge is 2.17. The van der Waals surface area contributed by atoms with Crippen LogP contribution in [0.3, 0.4) is 0 Å². The zero-order valence-electron chi connectivity index (χ0n) is 11.9. The van der Waals surface area contributed by atoms with E-state index in [0.29, 0.717) is 12.6 Å². The fourth-order valence-corrected chi connectivity index (χ4v) is 2.54. The van der Waals surface area contributed by atoms with Gasteiger partial charge in [-0.2, -0.15) is 5.10 Å². The summed E-state index contributed by atoms with van der Waals surface area (Å²) in [5, 5.41) is 8.78. The maximum absolute atomic E-state index is 11.8. The second-order valence-corrected chi connectivity index (χ2v) is 5.30. The van der Waals surface area contributed by atoms with Gasteiger partial charge in [0.05, 0.1) is 0 Å². The van der Waals surface area contributed by atoms with Crippen molar-refractivity contribution in [2.24, 2.45) is 0 Å². The summed E-state index contributed by atoms with van der Waals surface area (Å²) in [6.07, 6.45) is 4.80. The molecule has 1 atom stereocenters. The van der Waals surface area contributed by atoms with E-state index >= 15 is 0 Å². The quantitative estimate of drug-likeness (QED) is 0.780. The first-order chi connectivity index (χ1) is 9.66. The second-order valence-electron chi connectivity index (χ2n) is 5.30. The van der Waals surface area contributed by atoms with Crippen molar-refractivity contribution in [3.63, 3.8) is 0 Å². The topological polar surface area (TPSA) is 78.1 Å². The molecule has 20 heavy (non-hydrogen) atoms. The van der Waals surface area contributed by atoms with Crippen molar-refractivity contribution in [3.05, 3.63) is 28.2 Å². The van der Waals surface area contributed by atoms with E-state index in [0.717, 1.165) is 19.5 Å². The third-order valence-electron chi connectivity index (χ3n) is 3.76. The Morgan fingerprint density at radius 2 is 2.35 bits per heavy atom. The molecule has 110 valence electrons. The van der Waals surface area contributed by atoms with Gasteiger partial charge in [-0.05, 0) is 38.8 Å². The average molecular weight is 278 g/mol. The fourth-order valence-electron chi connectivity index (χ4n) is 2.54. The van der Waals surface area contributed by atoms with Gasteiger partial charge < -0.3 is 10.2 Å². The fraction of sp³-hybridized carbons (Fsp3) is 0.643. The minimum atomic E-state index is -0.305. The summed E-state index contributed by atoms with van der Waals surface area (Å²) in [4.78, 5) is 25.1. The van der Waals surface area contributed by atoms with Crippen LogP contribution in [0.1, 0.15) is 43.1 Å². The van der Waals surface area contributed by atoms with E-state index < -0.39 is 0 Å². The van der Waals surface area contributed by atoms with Gasteiger partial charge in [0, 0.05) is 25.2 Å². The van der Waals surface area contributed by atoms with Crippen LogP contribution in [0.5, 0.6) is 0 Å². The summed E-state index contributed by atoms with van der Waals surface area (Å²) in [7, 11) is 0. The third kappa shape index (κ3) is 4.16. The SMILES string of the molecule is CC1CCCCN1CCCNC(=O)c1ccc(=O)[nH]n1. The Bertz CT molecular complexity index is 480. The molecule has 1 aromatic heterocycles. The lowest BCUT2D eigenvalue weighted by Gasteiger charge is -2.33. The number of H-pyrrole nitrogens is 1. The molecule has 1 unspecified atom stereocenters. The van der Waals surface area contributed by atoms with Crippen LogP contribution in [0, 0.1) is 0 Å². The monoisotopic (exact) mass is 278 g/mol. The molecule has 0 aromatic carbocycles. The number of nitrogens with one attached hydrogen (secondary N) is 2. The molecule has 0 radical (unpaired) electrons. The van der Waals surface area contributed by atoms with E-state index in [1.165, 1.54) is 31.4 Å². The lowest BCUT2D eigenvalue weighted by Crippen LogP contribution is -2.39. The Hall–Kier alpha value is -1.69. The minimum absolute atomic E-state index is 0.243. The number of aromatic amines is 1. The van der Waals surface area contributed by atoms with Gasteiger partial charge in [0.1, 0.15) is 5.69 Å². The number of hydrogen-bond donors (Lipinski definition) is 2. The van der Waals surface area contributed by atoms with Gasteiger partial charge in [0.2, 0.25) is 0 Å². The Kier molecular flexibility index (Phi) is 5.29. The number of rotatable bonds is 5. The van der Waals surface area contributed by atoms with E-state index in [1.807, 2.05) is 0 Å². The molecule has 2 N–H and O–H groups in total. The Morgan fingerprint density at radius 1 is 1.50 bits per heavy atom. The van der Waals surface area contributed by atoms with E-state index in [1.54, 1.807) is 0 Å². The van der Waals surface area contributed by atoms with Crippen LogP contribution in [-0.2, 0) is 0 Å².